The van der Waals surface area contributed by atoms with Gasteiger partial charge in [-0.3, -0.25) is 0 Å². The molecular weight excluding hydrogens is 472 g/mol. The molecule has 0 radical (unpaired) electrons. The normalized spacial score (nSPS) is 19.6. The van der Waals surface area contributed by atoms with Crippen LogP contribution in [-0.2, 0) is 10.0 Å². The van der Waals surface area contributed by atoms with Gasteiger partial charge in [-0.05, 0) is 67.2 Å². The molecule has 1 fully saturated rings. The van der Waals surface area contributed by atoms with Gasteiger partial charge in [0.25, 0.3) is 0 Å². The number of aromatic nitrogens is 2. The molecule has 0 amide bonds. The van der Waals surface area contributed by atoms with Gasteiger partial charge in [-0.1, -0.05) is 36.7 Å². The van der Waals surface area contributed by atoms with E-state index in [2.05, 4.69) is 55.3 Å². The molecule has 178 valence electrons. The van der Waals surface area contributed by atoms with E-state index in [1.54, 1.807) is 18.2 Å². The number of likely N-dealkylation sites (N-methyl/N-ethyl adjacent to an activating group) is 1. The number of halogens is 1. The Balaban J connectivity index is 1.40. The third kappa shape index (κ3) is 4.36. The Morgan fingerprint density at radius 3 is 2.62 bits per heavy atom. The molecule has 34 heavy (non-hydrogen) atoms. The highest BCUT2D eigenvalue weighted by molar-refractivity contribution is 7.89. The largest absolute Gasteiger partial charge is 0.338 e. The Labute approximate surface area is 204 Å². The number of fused-ring (bicyclic) bond motifs is 5. The lowest BCUT2D eigenvalue weighted by Gasteiger charge is -2.30. The fourth-order valence-electron chi connectivity index (χ4n) is 4.96. The zero-order chi connectivity index (χ0) is 23.9. The van der Waals surface area contributed by atoms with Gasteiger partial charge in [0, 0.05) is 18.8 Å². The van der Waals surface area contributed by atoms with Crippen LogP contribution in [0.15, 0.2) is 53.6 Å². The van der Waals surface area contributed by atoms with Crippen LogP contribution in [0.4, 0.5) is 23.1 Å². The molecule has 0 spiro atoms. The average molecular weight is 499 g/mol. The van der Waals surface area contributed by atoms with Gasteiger partial charge in [0.05, 0.1) is 11.9 Å². The van der Waals surface area contributed by atoms with Crippen LogP contribution in [0.2, 0.25) is 5.02 Å². The molecule has 2 bridgehead atoms. The van der Waals surface area contributed by atoms with E-state index >= 15 is 0 Å². The van der Waals surface area contributed by atoms with Crippen molar-refractivity contribution in [3.05, 3.63) is 64.8 Å². The minimum atomic E-state index is -3.66. The van der Waals surface area contributed by atoms with Crippen LogP contribution in [0.5, 0.6) is 0 Å². The van der Waals surface area contributed by atoms with Gasteiger partial charge in [-0.15, -0.1) is 0 Å². The highest BCUT2D eigenvalue weighted by Crippen LogP contribution is 2.46. The summed E-state index contributed by atoms with van der Waals surface area (Å²) in [5, 5.41) is 6.61. The van der Waals surface area contributed by atoms with Crippen molar-refractivity contribution in [2.75, 3.05) is 37.3 Å². The predicted molar refractivity (Wildman–Crippen MR) is 135 cm³/mol. The lowest BCUT2D eigenvalue weighted by Crippen LogP contribution is -2.34. The van der Waals surface area contributed by atoms with Gasteiger partial charge in [0.15, 0.2) is 5.82 Å². The van der Waals surface area contributed by atoms with E-state index < -0.39 is 10.0 Å². The summed E-state index contributed by atoms with van der Waals surface area (Å²) < 4.78 is 27.1. The van der Waals surface area contributed by atoms with Gasteiger partial charge in [0.1, 0.15) is 9.92 Å². The van der Waals surface area contributed by atoms with Crippen LogP contribution in [0.3, 0.4) is 0 Å². The zero-order valence-corrected chi connectivity index (χ0v) is 20.6. The fraction of sp³-hybridized carbons (Fsp3) is 0.333. The predicted octanol–water partition coefficient (Wildman–Crippen LogP) is 4.43. The molecule has 2 aliphatic rings. The van der Waals surface area contributed by atoms with E-state index in [-0.39, 0.29) is 9.92 Å². The van der Waals surface area contributed by atoms with Crippen molar-refractivity contribution in [1.29, 1.82) is 0 Å². The second-order valence-corrected chi connectivity index (χ2v) is 10.9. The SMILES string of the molecule is CCN1CC2CC(C1)c1cc(Nc3ncc(Cl)c(Nc4ccccc4S(=O)(=O)NC)n3)ccc12. The van der Waals surface area contributed by atoms with Gasteiger partial charge in [-0.25, -0.2) is 18.1 Å². The number of anilines is 4. The monoisotopic (exact) mass is 498 g/mol. The van der Waals surface area contributed by atoms with Gasteiger partial charge in [0.2, 0.25) is 16.0 Å². The van der Waals surface area contributed by atoms with Crippen molar-refractivity contribution in [1.82, 2.24) is 19.6 Å². The van der Waals surface area contributed by atoms with E-state index in [1.807, 2.05) is 0 Å². The highest BCUT2D eigenvalue weighted by atomic mass is 35.5. The number of nitrogens with one attached hydrogen (secondary N) is 3. The lowest BCUT2D eigenvalue weighted by molar-refractivity contribution is 0.213. The number of hydrogen-bond acceptors (Lipinski definition) is 7. The first kappa shape index (κ1) is 23.0. The molecule has 5 rings (SSSR count). The summed E-state index contributed by atoms with van der Waals surface area (Å²) in [7, 11) is -2.29. The Hall–Kier alpha value is -2.72. The molecule has 2 unspecified atom stereocenters. The molecule has 1 saturated heterocycles. The Bertz CT molecular complexity index is 1330. The molecule has 1 aromatic heterocycles. The van der Waals surface area contributed by atoms with Crippen LogP contribution in [0.25, 0.3) is 0 Å². The summed E-state index contributed by atoms with van der Waals surface area (Å²) in [6.07, 6.45) is 2.71. The van der Waals surface area contributed by atoms with Crippen LogP contribution < -0.4 is 15.4 Å². The number of rotatable bonds is 7. The summed E-state index contributed by atoms with van der Waals surface area (Å²) in [4.78, 5) is 11.5. The molecule has 1 aliphatic heterocycles. The third-order valence-electron chi connectivity index (χ3n) is 6.64. The maximum absolute atomic E-state index is 12.4. The summed E-state index contributed by atoms with van der Waals surface area (Å²) >= 11 is 6.33. The van der Waals surface area contributed by atoms with Crippen molar-refractivity contribution >= 4 is 44.8 Å². The van der Waals surface area contributed by atoms with E-state index in [1.165, 1.54) is 36.9 Å². The lowest BCUT2D eigenvalue weighted by atomic mass is 9.96. The molecule has 2 atom stereocenters. The zero-order valence-electron chi connectivity index (χ0n) is 19.0. The Morgan fingerprint density at radius 2 is 1.85 bits per heavy atom. The first-order valence-electron chi connectivity index (χ1n) is 11.3. The second-order valence-electron chi connectivity index (χ2n) is 8.67. The number of piperidine rings is 1. The highest BCUT2D eigenvalue weighted by Gasteiger charge is 2.37. The Morgan fingerprint density at radius 1 is 1.09 bits per heavy atom. The quantitative estimate of drug-likeness (QED) is 0.443. The topological polar surface area (TPSA) is 99.2 Å². The molecule has 3 N–H and O–H groups in total. The van der Waals surface area contributed by atoms with Crippen molar-refractivity contribution in [2.24, 2.45) is 0 Å². The second kappa shape index (κ2) is 9.14. The summed E-state index contributed by atoms with van der Waals surface area (Å²) in [6, 6.07) is 13.1. The standard InChI is InChI=1S/C24H27ClN6O2S/c1-3-31-13-15-10-16(14-31)19-11-17(8-9-18(15)19)28-24-27-12-20(25)23(30-24)29-21-6-4-5-7-22(21)34(32,33)26-2/h4-9,11-12,15-16,26H,3,10,13-14H2,1-2H3,(H2,27,28,29,30). The van der Waals surface area contributed by atoms with Crippen molar-refractivity contribution in [2.45, 2.75) is 30.1 Å². The van der Waals surface area contributed by atoms with Gasteiger partial charge >= 0.3 is 0 Å². The van der Waals surface area contributed by atoms with E-state index in [4.69, 9.17) is 11.6 Å². The molecule has 3 aromatic rings. The molecular formula is C24H27ClN6O2S. The average Bonchev–Trinajstić information content (AvgIpc) is 3.10. The van der Waals surface area contributed by atoms with Crippen molar-refractivity contribution in [3.63, 3.8) is 0 Å². The van der Waals surface area contributed by atoms with Crippen LogP contribution >= 0.6 is 11.6 Å². The number of nitrogens with zero attached hydrogens (tertiary/aromatic N) is 3. The number of para-hydroxylation sites is 1. The smallest absolute Gasteiger partial charge is 0.242 e. The molecule has 2 aromatic carbocycles. The van der Waals surface area contributed by atoms with E-state index in [0.717, 1.165) is 25.3 Å². The summed E-state index contributed by atoms with van der Waals surface area (Å²) in [5.41, 5.74) is 4.15. The first-order chi connectivity index (χ1) is 16.4. The number of benzene rings is 2. The number of sulfonamides is 1. The third-order valence-corrected chi connectivity index (χ3v) is 8.39. The van der Waals surface area contributed by atoms with Gasteiger partial charge < -0.3 is 15.5 Å². The minimum absolute atomic E-state index is 0.104. The maximum atomic E-state index is 12.4. The van der Waals surface area contributed by atoms with Crippen LogP contribution in [0, 0.1) is 0 Å². The summed E-state index contributed by atoms with van der Waals surface area (Å²) in [5.74, 6) is 1.86. The number of likely N-dealkylation sites (tertiary alicyclic amines) is 1. The van der Waals surface area contributed by atoms with Crippen LogP contribution in [-0.4, -0.2) is 50.0 Å². The first-order valence-corrected chi connectivity index (χ1v) is 13.2. The van der Waals surface area contributed by atoms with Crippen molar-refractivity contribution < 1.29 is 8.42 Å². The summed E-state index contributed by atoms with van der Waals surface area (Å²) in [6.45, 7) is 5.54. The molecule has 10 heteroatoms. The maximum Gasteiger partial charge on any atom is 0.242 e. The number of hydrogen-bond donors (Lipinski definition) is 3. The molecule has 2 heterocycles. The van der Waals surface area contributed by atoms with E-state index in [9.17, 15) is 8.42 Å². The van der Waals surface area contributed by atoms with Crippen LogP contribution in [0.1, 0.15) is 36.3 Å². The molecule has 8 nitrogen and oxygen atoms in total. The minimum Gasteiger partial charge on any atom is -0.338 e. The van der Waals surface area contributed by atoms with Crippen molar-refractivity contribution in [3.8, 4) is 0 Å². The molecule has 1 aliphatic carbocycles. The molecule has 0 saturated carbocycles. The fourth-order valence-corrected chi connectivity index (χ4v) is 5.99. The Kier molecular flexibility index (Phi) is 6.20. The van der Waals surface area contributed by atoms with E-state index in [0.29, 0.717) is 29.3 Å². The van der Waals surface area contributed by atoms with Gasteiger partial charge in [-0.2, -0.15) is 4.98 Å².